The van der Waals surface area contributed by atoms with E-state index in [4.69, 9.17) is 4.74 Å². The number of phenols is 1. The molecule has 1 aromatic carbocycles. The third-order valence-electron chi connectivity index (χ3n) is 2.32. The summed E-state index contributed by atoms with van der Waals surface area (Å²) >= 11 is 3.30. The van der Waals surface area contributed by atoms with Gasteiger partial charge in [0.2, 0.25) is 0 Å². The Morgan fingerprint density at radius 3 is 3.20 bits per heavy atom. The predicted molar refractivity (Wildman–Crippen MR) is 62.4 cm³/mol. The lowest BCUT2D eigenvalue weighted by atomic mass is 10.1. The number of hydrogen-bond donors (Lipinski definition) is 2. The van der Waals surface area contributed by atoms with Gasteiger partial charge in [0.1, 0.15) is 18.1 Å². The summed E-state index contributed by atoms with van der Waals surface area (Å²) in [4.78, 5) is 0. The first-order chi connectivity index (χ1) is 7.16. The average Bonchev–Trinajstić information content (AvgIpc) is 2.57. The summed E-state index contributed by atoms with van der Waals surface area (Å²) < 4.78 is 6.37. The van der Waals surface area contributed by atoms with Gasteiger partial charge in [-0.15, -0.1) is 0 Å². The van der Waals surface area contributed by atoms with E-state index in [1.807, 2.05) is 6.07 Å². The topological polar surface area (TPSA) is 41.5 Å². The van der Waals surface area contributed by atoms with E-state index in [1.165, 1.54) is 0 Å². The van der Waals surface area contributed by atoms with Crippen LogP contribution >= 0.6 is 15.9 Å². The molecule has 2 N–H and O–H groups in total. The number of ether oxygens (including phenoxy) is 1. The summed E-state index contributed by atoms with van der Waals surface area (Å²) in [5.41, 5.74) is 1.08. The van der Waals surface area contributed by atoms with Crippen LogP contribution in [-0.4, -0.2) is 18.3 Å². The van der Waals surface area contributed by atoms with E-state index in [9.17, 15) is 5.11 Å². The zero-order valence-electron chi connectivity index (χ0n) is 8.16. The molecule has 1 unspecified atom stereocenters. The molecule has 4 heteroatoms. The van der Waals surface area contributed by atoms with Gasteiger partial charge in [-0.3, -0.25) is 0 Å². The molecule has 0 aliphatic carbocycles. The van der Waals surface area contributed by atoms with Crippen molar-refractivity contribution >= 4 is 15.9 Å². The molecule has 0 amide bonds. The number of halogens is 1. The summed E-state index contributed by atoms with van der Waals surface area (Å²) in [6.45, 7) is 5.06. The molecule has 3 nitrogen and oxygen atoms in total. The van der Waals surface area contributed by atoms with Crippen LogP contribution in [0, 0.1) is 0 Å². The lowest BCUT2D eigenvalue weighted by Crippen LogP contribution is -2.23. The maximum Gasteiger partial charge on any atom is 0.127 e. The Bertz CT molecular complexity index is 392. The third-order valence-corrected chi connectivity index (χ3v) is 2.60. The van der Waals surface area contributed by atoms with E-state index in [2.05, 4.69) is 27.8 Å². The monoisotopic (exact) mass is 269 g/mol. The molecule has 15 heavy (non-hydrogen) atoms. The van der Waals surface area contributed by atoms with Crippen molar-refractivity contribution in [2.45, 2.75) is 6.04 Å². The minimum atomic E-state index is 0.176. The van der Waals surface area contributed by atoms with E-state index < -0.39 is 0 Å². The van der Waals surface area contributed by atoms with Gasteiger partial charge in [-0.2, -0.15) is 0 Å². The van der Waals surface area contributed by atoms with Crippen molar-refractivity contribution in [2.24, 2.45) is 0 Å². The summed E-state index contributed by atoms with van der Waals surface area (Å²) in [6, 6.07) is 5.37. The van der Waals surface area contributed by atoms with Gasteiger partial charge in [-0.1, -0.05) is 22.5 Å². The fourth-order valence-corrected chi connectivity index (χ4v) is 1.76. The first-order valence-corrected chi connectivity index (χ1v) is 5.48. The number of fused-ring (bicyclic) bond motifs is 1. The minimum Gasteiger partial charge on any atom is -0.508 e. The molecule has 0 fully saturated rings. The fourth-order valence-electron chi connectivity index (χ4n) is 1.60. The first-order valence-electron chi connectivity index (χ1n) is 4.69. The second-order valence-corrected chi connectivity index (χ2v) is 4.61. The molecule has 2 rings (SSSR count). The highest BCUT2D eigenvalue weighted by Crippen LogP contribution is 2.34. The molecule has 1 aliphatic rings. The molecule has 1 heterocycles. The standard InChI is InChI=1S/C11H12BrNO2/c1-7(12)5-13-10-6-15-11-4-8(14)2-3-9(10)11/h2-4,10,13-14H,1,5-6H2. The molecule has 0 spiro atoms. The molecule has 1 aromatic rings. The van der Waals surface area contributed by atoms with Crippen LogP contribution in [0.3, 0.4) is 0 Å². The predicted octanol–water partition coefficient (Wildman–Crippen LogP) is 2.32. The van der Waals surface area contributed by atoms with Crippen LogP contribution in [0.15, 0.2) is 29.3 Å². The lowest BCUT2D eigenvalue weighted by molar-refractivity contribution is 0.314. The Morgan fingerprint density at radius 2 is 2.47 bits per heavy atom. The zero-order valence-corrected chi connectivity index (χ0v) is 9.75. The van der Waals surface area contributed by atoms with Gasteiger partial charge in [0.15, 0.2) is 0 Å². The van der Waals surface area contributed by atoms with Crippen molar-refractivity contribution in [3.8, 4) is 11.5 Å². The molecule has 1 atom stereocenters. The number of rotatable bonds is 3. The summed E-state index contributed by atoms with van der Waals surface area (Å²) in [5.74, 6) is 0.993. The Balaban J connectivity index is 2.11. The Morgan fingerprint density at radius 1 is 1.67 bits per heavy atom. The maximum atomic E-state index is 9.28. The van der Waals surface area contributed by atoms with Crippen LogP contribution in [0.4, 0.5) is 0 Å². The number of aromatic hydroxyl groups is 1. The van der Waals surface area contributed by atoms with Crippen molar-refractivity contribution in [1.82, 2.24) is 5.32 Å². The fraction of sp³-hybridized carbons (Fsp3) is 0.273. The number of phenolic OH excluding ortho intramolecular Hbond substituents is 1. The van der Waals surface area contributed by atoms with Gasteiger partial charge >= 0.3 is 0 Å². The second-order valence-electron chi connectivity index (χ2n) is 3.48. The van der Waals surface area contributed by atoms with Crippen molar-refractivity contribution in [1.29, 1.82) is 0 Å². The van der Waals surface area contributed by atoms with E-state index in [0.717, 1.165) is 15.8 Å². The van der Waals surface area contributed by atoms with Gasteiger partial charge in [0.25, 0.3) is 0 Å². The highest BCUT2D eigenvalue weighted by atomic mass is 79.9. The molecular weight excluding hydrogens is 258 g/mol. The number of nitrogens with one attached hydrogen (secondary N) is 1. The van der Waals surface area contributed by atoms with Gasteiger partial charge in [-0.25, -0.2) is 0 Å². The summed E-state index contributed by atoms with van der Waals surface area (Å²) in [5, 5.41) is 12.6. The van der Waals surface area contributed by atoms with Crippen LogP contribution in [0.1, 0.15) is 11.6 Å². The SMILES string of the molecule is C=C(Br)CNC1COc2cc(O)ccc21. The van der Waals surface area contributed by atoms with E-state index in [0.29, 0.717) is 13.2 Å². The van der Waals surface area contributed by atoms with Gasteiger partial charge in [0.05, 0.1) is 6.04 Å². The number of hydrogen-bond acceptors (Lipinski definition) is 3. The molecule has 80 valence electrons. The summed E-state index contributed by atoms with van der Waals surface area (Å²) in [7, 11) is 0. The Labute approximate surface area is 96.9 Å². The van der Waals surface area contributed by atoms with Crippen LogP contribution in [-0.2, 0) is 0 Å². The van der Waals surface area contributed by atoms with E-state index in [1.54, 1.807) is 12.1 Å². The lowest BCUT2D eigenvalue weighted by Gasteiger charge is -2.10. The third kappa shape index (κ3) is 2.33. The van der Waals surface area contributed by atoms with Crippen LogP contribution in [0.25, 0.3) is 0 Å². The van der Waals surface area contributed by atoms with E-state index in [-0.39, 0.29) is 11.8 Å². The second kappa shape index (κ2) is 4.24. The van der Waals surface area contributed by atoms with Crippen molar-refractivity contribution in [3.05, 3.63) is 34.8 Å². The van der Waals surface area contributed by atoms with Crippen LogP contribution < -0.4 is 10.1 Å². The Hall–Kier alpha value is -1.00. The molecule has 0 bridgehead atoms. The minimum absolute atomic E-state index is 0.176. The van der Waals surface area contributed by atoms with Gasteiger partial charge in [-0.05, 0) is 12.1 Å². The highest BCUT2D eigenvalue weighted by Gasteiger charge is 2.23. The van der Waals surface area contributed by atoms with E-state index >= 15 is 0 Å². The molecule has 0 radical (unpaired) electrons. The van der Waals surface area contributed by atoms with Gasteiger partial charge < -0.3 is 15.2 Å². The largest absolute Gasteiger partial charge is 0.508 e. The van der Waals surface area contributed by atoms with Crippen LogP contribution in [0.5, 0.6) is 11.5 Å². The molecule has 0 aromatic heterocycles. The highest BCUT2D eigenvalue weighted by molar-refractivity contribution is 9.11. The molecule has 0 saturated heterocycles. The first kappa shape index (κ1) is 10.5. The molecule has 1 aliphatic heterocycles. The van der Waals surface area contributed by atoms with Crippen LogP contribution in [0.2, 0.25) is 0 Å². The zero-order chi connectivity index (χ0) is 10.8. The average molecular weight is 270 g/mol. The molecular formula is C11H12BrNO2. The van der Waals surface area contributed by atoms with Crippen molar-refractivity contribution in [3.63, 3.8) is 0 Å². The molecule has 0 saturated carbocycles. The maximum absolute atomic E-state index is 9.28. The van der Waals surface area contributed by atoms with Crippen molar-refractivity contribution in [2.75, 3.05) is 13.2 Å². The summed E-state index contributed by atoms with van der Waals surface area (Å²) in [6.07, 6.45) is 0. The smallest absolute Gasteiger partial charge is 0.127 e. The van der Waals surface area contributed by atoms with Crippen molar-refractivity contribution < 1.29 is 9.84 Å². The number of benzene rings is 1. The normalized spacial score (nSPS) is 18.3. The quantitative estimate of drug-likeness (QED) is 0.885. The van der Waals surface area contributed by atoms with Gasteiger partial charge in [0, 0.05) is 22.7 Å². The Kier molecular flexibility index (Phi) is 2.98.